The van der Waals surface area contributed by atoms with Gasteiger partial charge in [-0.1, -0.05) is 0 Å². The van der Waals surface area contributed by atoms with Crippen LogP contribution in [0, 0.1) is 12.7 Å². The molecule has 0 bridgehead atoms. The van der Waals surface area contributed by atoms with E-state index in [9.17, 15) is 9.18 Å². The summed E-state index contributed by atoms with van der Waals surface area (Å²) in [6.07, 6.45) is 1.72. The molecule has 0 aliphatic carbocycles. The van der Waals surface area contributed by atoms with Crippen LogP contribution < -0.4 is 15.5 Å². The first kappa shape index (κ1) is 19.0. The number of amides is 1. The van der Waals surface area contributed by atoms with Gasteiger partial charge in [-0.3, -0.25) is 9.48 Å². The number of benzene rings is 2. The monoisotopic (exact) mass is 424 g/mol. The Morgan fingerprint density at radius 2 is 2.03 bits per heavy atom. The normalized spacial score (nSPS) is 14.6. The molecule has 154 valence electrons. The number of rotatable bonds is 3. The van der Waals surface area contributed by atoms with Gasteiger partial charge in [0.2, 0.25) is 0 Å². The van der Waals surface area contributed by atoms with Crippen molar-refractivity contribution < 1.29 is 9.18 Å². The van der Waals surface area contributed by atoms with E-state index in [2.05, 4.69) is 25.6 Å². The van der Waals surface area contributed by atoms with Crippen molar-refractivity contribution in [1.29, 1.82) is 0 Å². The lowest BCUT2D eigenvalue weighted by Gasteiger charge is -2.29. The van der Waals surface area contributed by atoms with Crippen molar-refractivity contribution in [1.82, 2.24) is 20.1 Å². The maximum atomic E-state index is 14.4. The summed E-state index contributed by atoms with van der Waals surface area (Å²) < 4.78 is 16.9. The highest BCUT2D eigenvalue weighted by molar-refractivity contribution is 7.19. The van der Waals surface area contributed by atoms with Gasteiger partial charge in [-0.05, 0) is 31.2 Å². The molecule has 1 fully saturated rings. The number of carbonyl (C=O) groups excluding carboxylic acids is 1. The SMILES string of the molecule is Cc1nc2c(C(=O)Nc3cc(F)c4nn(C)cc4c3)ccc(N3CCNCC3)c2s1. The van der Waals surface area contributed by atoms with Crippen LogP contribution in [-0.4, -0.2) is 46.9 Å². The molecule has 0 saturated carbocycles. The topological polar surface area (TPSA) is 75.1 Å². The van der Waals surface area contributed by atoms with Gasteiger partial charge in [0.1, 0.15) is 5.52 Å². The molecule has 9 heteroatoms. The van der Waals surface area contributed by atoms with E-state index in [1.807, 2.05) is 19.1 Å². The maximum Gasteiger partial charge on any atom is 0.257 e. The van der Waals surface area contributed by atoms with Crippen LogP contribution in [0.15, 0.2) is 30.5 Å². The number of thiazole rings is 1. The average molecular weight is 425 g/mol. The summed E-state index contributed by atoms with van der Waals surface area (Å²) in [6.45, 7) is 5.65. The van der Waals surface area contributed by atoms with Gasteiger partial charge in [0.05, 0.1) is 26.5 Å². The quantitative estimate of drug-likeness (QED) is 0.528. The molecule has 0 atom stereocenters. The van der Waals surface area contributed by atoms with Crippen LogP contribution in [0.5, 0.6) is 0 Å². The molecule has 0 unspecified atom stereocenters. The summed E-state index contributed by atoms with van der Waals surface area (Å²) in [5, 5.41) is 11.8. The number of aromatic nitrogens is 3. The number of anilines is 2. The molecule has 2 aromatic heterocycles. The van der Waals surface area contributed by atoms with Gasteiger partial charge < -0.3 is 15.5 Å². The van der Waals surface area contributed by atoms with Crippen molar-refractivity contribution in [3.63, 3.8) is 0 Å². The lowest BCUT2D eigenvalue weighted by Crippen LogP contribution is -2.43. The molecule has 2 N–H and O–H groups in total. The largest absolute Gasteiger partial charge is 0.368 e. The van der Waals surface area contributed by atoms with Gasteiger partial charge in [0, 0.05) is 50.5 Å². The third kappa shape index (κ3) is 3.29. The molecule has 3 heterocycles. The second-order valence-corrected chi connectivity index (χ2v) is 8.64. The van der Waals surface area contributed by atoms with Gasteiger partial charge in [-0.15, -0.1) is 11.3 Å². The molecular weight excluding hydrogens is 403 g/mol. The molecule has 1 amide bonds. The van der Waals surface area contributed by atoms with E-state index in [-0.39, 0.29) is 11.4 Å². The molecule has 0 spiro atoms. The molecule has 1 saturated heterocycles. The highest BCUT2D eigenvalue weighted by Gasteiger charge is 2.21. The number of hydrogen-bond acceptors (Lipinski definition) is 6. The van der Waals surface area contributed by atoms with Crippen LogP contribution in [0.4, 0.5) is 15.8 Å². The maximum absolute atomic E-state index is 14.4. The molecule has 2 aromatic carbocycles. The van der Waals surface area contributed by atoms with Gasteiger partial charge in [0.15, 0.2) is 5.82 Å². The standard InChI is InChI=1S/C21H21FN6OS/c1-12-24-19-15(3-4-17(20(19)30-12)28-7-5-23-6-8-28)21(29)25-14-9-13-11-27(2)26-18(13)16(22)10-14/h3-4,9-11,23H,5-8H2,1-2H3,(H,25,29). The lowest BCUT2D eigenvalue weighted by molar-refractivity contribution is 0.102. The summed E-state index contributed by atoms with van der Waals surface area (Å²) in [5.41, 5.74) is 2.96. The van der Waals surface area contributed by atoms with Crippen LogP contribution in [0.25, 0.3) is 21.1 Å². The fourth-order valence-corrected chi connectivity index (χ4v) is 4.91. The predicted octanol–water partition coefficient (Wildman–Crippen LogP) is 3.29. The number of carbonyl (C=O) groups is 1. The molecule has 5 rings (SSSR count). The smallest absolute Gasteiger partial charge is 0.257 e. The Labute approximate surface area is 176 Å². The fourth-order valence-electron chi connectivity index (χ4n) is 3.92. The van der Waals surface area contributed by atoms with E-state index >= 15 is 0 Å². The number of aryl methyl sites for hydroxylation is 2. The highest BCUT2D eigenvalue weighted by atomic mass is 32.1. The van der Waals surface area contributed by atoms with Crippen molar-refractivity contribution in [3.8, 4) is 0 Å². The van der Waals surface area contributed by atoms with Crippen molar-refractivity contribution >= 4 is 49.7 Å². The third-order valence-corrected chi connectivity index (χ3v) is 6.26. The van der Waals surface area contributed by atoms with E-state index < -0.39 is 5.82 Å². The molecule has 4 aromatic rings. The van der Waals surface area contributed by atoms with E-state index in [0.29, 0.717) is 22.2 Å². The minimum absolute atomic E-state index is 0.286. The number of hydrogen-bond donors (Lipinski definition) is 2. The van der Waals surface area contributed by atoms with Crippen molar-refractivity contribution in [2.45, 2.75) is 6.92 Å². The summed E-state index contributed by atoms with van der Waals surface area (Å²) in [5.74, 6) is -0.771. The van der Waals surface area contributed by atoms with E-state index in [0.717, 1.165) is 41.6 Å². The Kier molecular flexibility index (Phi) is 4.63. The first-order chi connectivity index (χ1) is 14.5. The first-order valence-electron chi connectivity index (χ1n) is 9.79. The zero-order valence-corrected chi connectivity index (χ0v) is 17.5. The van der Waals surface area contributed by atoms with Gasteiger partial charge in [-0.2, -0.15) is 5.10 Å². The van der Waals surface area contributed by atoms with Crippen molar-refractivity contribution in [2.24, 2.45) is 7.05 Å². The Hall–Kier alpha value is -3.04. The first-order valence-corrected chi connectivity index (χ1v) is 10.6. The number of nitrogens with zero attached hydrogens (tertiary/aromatic N) is 4. The average Bonchev–Trinajstić information content (AvgIpc) is 3.29. The summed E-state index contributed by atoms with van der Waals surface area (Å²) in [7, 11) is 1.74. The second kappa shape index (κ2) is 7.33. The molecular formula is C21H21FN6OS. The molecule has 0 radical (unpaired) electrons. The van der Waals surface area contributed by atoms with E-state index in [1.54, 1.807) is 35.3 Å². The van der Waals surface area contributed by atoms with E-state index in [1.165, 1.54) is 6.07 Å². The molecule has 1 aliphatic rings. The summed E-state index contributed by atoms with van der Waals surface area (Å²) in [4.78, 5) is 20.0. The predicted molar refractivity (Wildman–Crippen MR) is 118 cm³/mol. The highest BCUT2D eigenvalue weighted by Crippen LogP contribution is 2.35. The van der Waals surface area contributed by atoms with Crippen LogP contribution in [0.2, 0.25) is 0 Å². The Bertz CT molecular complexity index is 1270. The van der Waals surface area contributed by atoms with Gasteiger partial charge in [-0.25, -0.2) is 9.37 Å². The zero-order valence-electron chi connectivity index (χ0n) is 16.7. The number of nitrogens with one attached hydrogen (secondary N) is 2. The van der Waals surface area contributed by atoms with Crippen molar-refractivity contribution in [2.75, 3.05) is 36.4 Å². The number of fused-ring (bicyclic) bond motifs is 2. The number of halogens is 1. The Morgan fingerprint density at radius 3 is 2.83 bits per heavy atom. The van der Waals surface area contributed by atoms with Crippen LogP contribution in [0.3, 0.4) is 0 Å². The molecule has 1 aliphatic heterocycles. The third-order valence-electron chi connectivity index (χ3n) is 5.27. The lowest BCUT2D eigenvalue weighted by atomic mass is 10.1. The van der Waals surface area contributed by atoms with Crippen LogP contribution in [0.1, 0.15) is 15.4 Å². The second-order valence-electron chi connectivity index (χ2n) is 7.43. The number of piperazine rings is 1. The van der Waals surface area contributed by atoms with E-state index in [4.69, 9.17) is 0 Å². The van der Waals surface area contributed by atoms with Crippen molar-refractivity contribution in [3.05, 3.63) is 46.9 Å². The van der Waals surface area contributed by atoms with Crippen LogP contribution in [-0.2, 0) is 7.05 Å². The van der Waals surface area contributed by atoms with Gasteiger partial charge in [0.25, 0.3) is 5.91 Å². The molecule has 7 nitrogen and oxygen atoms in total. The Morgan fingerprint density at radius 1 is 1.23 bits per heavy atom. The van der Waals surface area contributed by atoms with Crippen LogP contribution >= 0.6 is 11.3 Å². The summed E-state index contributed by atoms with van der Waals surface area (Å²) in [6, 6.07) is 6.83. The summed E-state index contributed by atoms with van der Waals surface area (Å²) >= 11 is 1.59. The van der Waals surface area contributed by atoms with Gasteiger partial charge >= 0.3 is 0 Å². The fraction of sp³-hybridized carbons (Fsp3) is 0.286. The molecule has 30 heavy (non-hydrogen) atoms. The Balaban J connectivity index is 1.51. The zero-order chi connectivity index (χ0) is 20.8. The minimum atomic E-state index is -0.466. The minimum Gasteiger partial charge on any atom is -0.368 e.